The third-order valence-corrected chi connectivity index (χ3v) is 8.45. The summed E-state index contributed by atoms with van der Waals surface area (Å²) in [5, 5.41) is 14.6. The van der Waals surface area contributed by atoms with Gasteiger partial charge in [0.2, 0.25) is 5.91 Å². The Morgan fingerprint density at radius 1 is 0.875 bits per heavy atom. The van der Waals surface area contributed by atoms with Gasteiger partial charge in [-0.2, -0.15) is 0 Å². The van der Waals surface area contributed by atoms with E-state index >= 15 is 0 Å². The number of benzene rings is 5. The second kappa shape index (κ2) is 9.92. The Bertz CT molecular complexity index is 1750. The number of ether oxygens (including phenoxy) is 1. The number of aliphatic hydroxyl groups excluding tert-OH is 1. The summed E-state index contributed by atoms with van der Waals surface area (Å²) in [4.78, 5) is 19.9. The molecule has 7 rings (SSSR count). The highest BCUT2D eigenvalue weighted by atomic mass is 16.5. The van der Waals surface area contributed by atoms with Crippen LogP contribution in [0.15, 0.2) is 96.0 Å². The van der Waals surface area contributed by atoms with Gasteiger partial charge in [0, 0.05) is 35.7 Å². The van der Waals surface area contributed by atoms with Crippen LogP contribution >= 0.6 is 0 Å². The molecule has 0 spiro atoms. The predicted molar refractivity (Wildman–Crippen MR) is 159 cm³/mol. The van der Waals surface area contributed by atoms with Crippen LogP contribution in [0, 0.1) is 0 Å². The molecular weight excluding hydrogens is 496 g/mol. The fraction of sp³-hybridized carbons (Fsp3) is 0.200. The molecule has 1 fully saturated rings. The van der Waals surface area contributed by atoms with E-state index in [1.165, 1.54) is 16.5 Å². The summed E-state index contributed by atoms with van der Waals surface area (Å²) in [5.41, 5.74) is 7.13. The molecule has 5 heteroatoms. The van der Waals surface area contributed by atoms with Crippen LogP contribution in [0.2, 0.25) is 0 Å². The average Bonchev–Trinajstić information content (AvgIpc) is 3.38. The molecule has 0 saturated carbocycles. The van der Waals surface area contributed by atoms with Gasteiger partial charge >= 0.3 is 0 Å². The molecule has 0 aromatic heterocycles. The van der Waals surface area contributed by atoms with Gasteiger partial charge in [0.05, 0.1) is 25.1 Å². The Hall–Kier alpha value is -4.48. The third-order valence-electron chi connectivity index (χ3n) is 8.45. The second-order valence-electron chi connectivity index (χ2n) is 10.7. The molecule has 198 valence electrons. The normalized spacial score (nSPS) is 16.2. The van der Waals surface area contributed by atoms with E-state index < -0.39 is 0 Å². The van der Waals surface area contributed by atoms with Crippen molar-refractivity contribution in [2.45, 2.75) is 38.5 Å². The Morgan fingerprint density at radius 3 is 2.25 bits per heavy atom. The molecule has 0 bridgehead atoms. The zero-order chi connectivity index (χ0) is 27.2. The first-order chi connectivity index (χ1) is 19.6. The fourth-order valence-electron chi connectivity index (χ4n) is 6.48. The van der Waals surface area contributed by atoms with Gasteiger partial charge in [-0.3, -0.25) is 4.79 Å². The van der Waals surface area contributed by atoms with E-state index in [-0.39, 0.29) is 18.6 Å². The Morgan fingerprint density at radius 2 is 1.57 bits per heavy atom. The van der Waals surface area contributed by atoms with Gasteiger partial charge in [0.15, 0.2) is 0 Å². The summed E-state index contributed by atoms with van der Waals surface area (Å²) in [6, 6.07) is 31.3. The quantitative estimate of drug-likeness (QED) is 0.205. The van der Waals surface area contributed by atoms with Crippen molar-refractivity contribution in [1.29, 1.82) is 0 Å². The first-order valence-electron chi connectivity index (χ1n) is 13.8. The van der Waals surface area contributed by atoms with Crippen molar-refractivity contribution in [2.24, 2.45) is 4.99 Å². The molecule has 0 aliphatic carbocycles. The number of carbonyl (C=O) groups excluding carboxylic acids is 1. The number of amides is 1. The molecular formula is C35H30N2O3. The Labute approximate surface area is 233 Å². The number of carbonyl (C=O) groups is 1. The maximum absolute atomic E-state index is 12.7. The Balaban J connectivity index is 1.48. The molecule has 2 aliphatic heterocycles. The number of aliphatic hydroxyl groups is 1. The molecule has 5 nitrogen and oxygen atoms in total. The third kappa shape index (κ3) is 4.05. The molecule has 1 saturated heterocycles. The second-order valence-corrected chi connectivity index (χ2v) is 10.7. The van der Waals surface area contributed by atoms with Crippen molar-refractivity contribution >= 4 is 38.9 Å². The van der Waals surface area contributed by atoms with E-state index in [1.54, 1.807) is 7.11 Å². The zero-order valence-corrected chi connectivity index (χ0v) is 22.4. The SMILES string of the molecule is COc1cc2c3c(c4ccc(N=C(c5ccccc5)c5ccccc5)cc4c2cc1CO)C[C@@H]1CCC(=O)N1C3. The zero-order valence-electron chi connectivity index (χ0n) is 22.4. The van der Waals surface area contributed by atoms with Gasteiger partial charge in [-0.1, -0.05) is 66.7 Å². The molecule has 0 unspecified atom stereocenters. The van der Waals surface area contributed by atoms with Crippen LogP contribution in [0.3, 0.4) is 0 Å². The lowest BCUT2D eigenvalue weighted by Crippen LogP contribution is -2.38. The van der Waals surface area contributed by atoms with Gasteiger partial charge < -0.3 is 14.7 Å². The summed E-state index contributed by atoms with van der Waals surface area (Å²) >= 11 is 0. The topological polar surface area (TPSA) is 62.1 Å². The first kappa shape index (κ1) is 24.6. The summed E-state index contributed by atoms with van der Waals surface area (Å²) in [5.74, 6) is 0.901. The Kier molecular flexibility index (Phi) is 6.09. The van der Waals surface area contributed by atoms with Crippen LogP contribution in [0.5, 0.6) is 5.75 Å². The maximum Gasteiger partial charge on any atom is 0.223 e. The minimum Gasteiger partial charge on any atom is -0.496 e. The molecule has 2 aliphatic rings. The predicted octanol–water partition coefficient (Wildman–Crippen LogP) is 6.71. The van der Waals surface area contributed by atoms with E-state index in [0.29, 0.717) is 18.7 Å². The molecule has 0 radical (unpaired) electrons. The highest BCUT2D eigenvalue weighted by Crippen LogP contribution is 2.43. The van der Waals surface area contributed by atoms with Gasteiger partial charge in [-0.15, -0.1) is 0 Å². The maximum atomic E-state index is 12.7. The van der Waals surface area contributed by atoms with Crippen LogP contribution < -0.4 is 4.74 Å². The molecule has 1 N–H and O–H groups in total. The average molecular weight is 527 g/mol. The number of rotatable bonds is 5. The van der Waals surface area contributed by atoms with Gasteiger partial charge in [-0.05, 0) is 69.8 Å². The van der Waals surface area contributed by atoms with Crippen molar-refractivity contribution in [2.75, 3.05) is 7.11 Å². The van der Waals surface area contributed by atoms with Crippen molar-refractivity contribution in [3.05, 3.63) is 119 Å². The number of hydrogen-bond acceptors (Lipinski definition) is 4. The highest BCUT2D eigenvalue weighted by Gasteiger charge is 2.36. The van der Waals surface area contributed by atoms with Crippen molar-refractivity contribution in [1.82, 2.24) is 4.90 Å². The van der Waals surface area contributed by atoms with Crippen molar-refractivity contribution < 1.29 is 14.6 Å². The van der Waals surface area contributed by atoms with Crippen LogP contribution in [0.4, 0.5) is 5.69 Å². The van der Waals surface area contributed by atoms with Crippen LogP contribution in [0.1, 0.15) is 40.7 Å². The lowest BCUT2D eigenvalue weighted by molar-refractivity contribution is -0.129. The number of fused-ring (bicyclic) bond motifs is 7. The molecule has 5 aromatic rings. The summed E-state index contributed by atoms with van der Waals surface area (Å²) in [6.45, 7) is 0.493. The van der Waals surface area contributed by atoms with Crippen molar-refractivity contribution in [3.63, 3.8) is 0 Å². The van der Waals surface area contributed by atoms with Gasteiger partial charge in [0.25, 0.3) is 0 Å². The first-order valence-corrected chi connectivity index (χ1v) is 13.8. The van der Waals surface area contributed by atoms with Gasteiger partial charge in [-0.25, -0.2) is 4.99 Å². The number of hydrogen-bond donors (Lipinski definition) is 1. The standard InChI is InChI=1S/C35H30N2O3/c1-40-33-19-31-28(16-24(33)21-38)29-17-25(36-35(22-8-4-2-5-9-22)23-10-6-3-7-11-23)12-14-27(29)30-18-26-13-15-34(39)37(26)20-32(30)31/h2-12,14,16-17,19,26,38H,13,15,18,20-21H2,1H3/t26-/m0/s1. The number of nitrogens with zero attached hydrogens (tertiary/aromatic N) is 2. The molecule has 2 heterocycles. The number of aliphatic imine (C=N–C) groups is 1. The van der Waals surface area contributed by atoms with E-state index in [4.69, 9.17) is 9.73 Å². The van der Waals surface area contributed by atoms with Crippen LogP contribution in [-0.4, -0.2) is 34.8 Å². The smallest absolute Gasteiger partial charge is 0.223 e. The summed E-state index contributed by atoms with van der Waals surface area (Å²) in [7, 11) is 1.63. The van der Waals surface area contributed by atoms with E-state index in [0.717, 1.165) is 57.1 Å². The summed E-state index contributed by atoms with van der Waals surface area (Å²) in [6.07, 6.45) is 2.37. The molecule has 40 heavy (non-hydrogen) atoms. The van der Waals surface area contributed by atoms with E-state index in [2.05, 4.69) is 42.5 Å². The number of methoxy groups -OCH3 is 1. The molecule has 5 aromatic carbocycles. The monoisotopic (exact) mass is 526 g/mol. The van der Waals surface area contributed by atoms with Gasteiger partial charge in [0.1, 0.15) is 5.75 Å². The lowest BCUT2D eigenvalue weighted by atomic mass is 9.84. The fourth-order valence-corrected chi connectivity index (χ4v) is 6.48. The molecule has 1 amide bonds. The van der Waals surface area contributed by atoms with E-state index in [9.17, 15) is 9.90 Å². The summed E-state index contributed by atoms with van der Waals surface area (Å²) < 4.78 is 5.67. The largest absolute Gasteiger partial charge is 0.496 e. The molecule has 1 atom stereocenters. The minimum absolute atomic E-state index is 0.117. The highest BCUT2D eigenvalue weighted by molar-refractivity contribution is 6.15. The lowest BCUT2D eigenvalue weighted by Gasteiger charge is -2.33. The van der Waals surface area contributed by atoms with Crippen LogP contribution in [0.25, 0.3) is 21.5 Å². The van der Waals surface area contributed by atoms with Crippen LogP contribution in [-0.2, 0) is 24.4 Å². The minimum atomic E-state index is -0.117. The van der Waals surface area contributed by atoms with Crippen molar-refractivity contribution in [3.8, 4) is 5.75 Å². The van der Waals surface area contributed by atoms with E-state index in [1.807, 2.05) is 53.4 Å².